The number of nitrogens with zero attached hydrogens (tertiary/aromatic N) is 1. The zero-order chi connectivity index (χ0) is 19.9. The van der Waals surface area contributed by atoms with Gasteiger partial charge in [0.2, 0.25) is 11.8 Å². The fourth-order valence-electron chi connectivity index (χ4n) is 3.35. The molecule has 2 aromatic carbocycles. The molecule has 2 aromatic rings. The van der Waals surface area contributed by atoms with Gasteiger partial charge < -0.3 is 19.7 Å². The van der Waals surface area contributed by atoms with Crippen molar-refractivity contribution < 1.29 is 19.1 Å². The smallest absolute Gasteiger partial charge is 0.227 e. The molecular weight excluding hydrogens is 356 g/mol. The first-order valence-corrected chi connectivity index (χ1v) is 9.52. The van der Waals surface area contributed by atoms with Crippen molar-refractivity contribution in [1.29, 1.82) is 0 Å². The monoisotopic (exact) mass is 382 g/mol. The van der Waals surface area contributed by atoms with Gasteiger partial charge in [-0.25, -0.2) is 0 Å². The first-order chi connectivity index (χ1) is 13.6. The maximum atomic E-state index is 12.3. The van der Waals surface area contributed by atoms with Crippen LogP contribution in [0.15, 0.2) is 42.5 Å². The molecule has 1 fully saturated rings. The molecule has 1 heterocycles. The molecule has 0 spiro atoms. The molecule has 28 heavy (non-hydrogen) atoms. The first kappa shape index (κ1) is 19.7. The maximum Gasteiger partial charge on any atom is 0.227 e. The summed E-state index contributed by atoms with van der Waals surface area (Å²) in [5, 5.41) is 2.91. The van der Waals surface area contributed by atoms with Crippen LogP contribution in [0.2, 0.25) is 0 Å². The fraction of sp³-hybridized carbons (Fsp3) is 0.364. The lowest BCUT2D eigenvalue weighted by molar-refractivity contribution is -0.117. The minimum absolute atomic E-state index is 0.0411. The summed E-state index contributed by atoms with van der Waals surface area (Å²) >= 11 is 0. The topological polar surface area (TPSA) is 67.9 Å². The summed E-state index contributed by atoms with van der Waals surface area (Å²) < 4.78 is 10.6. The van der Waals surface area contributed by atoms with Crippen LogP contribution in [0, 0.1) is 0 Å². The molecule has 148 valence electrons. The lowest BCUT2D eigenvalue weighted by Crippen LogP contribution is -2.24. The second-order valence-electron chi connectivity index (χ2n) is 6.79. The zero-order valence-corrected chi connectivity index (χ0v) is 16.4. The number of rotatable bonds is 8. The highest BCUT2D eigenvalue weighted by Gasteiger charge is 2.24. The lowest BCUT2D eigenvalue weighted by atomic mass is 10.1. The van der Waals surface area contributed by atoms with Gasteiger partial charge in [-0.15, -0.1) is 0 Å². The average molecular weight is 382 g/mol. The highest BCUT2D eigenvalue weighted by Crippen LogP contribution is 2.33. The van der Waals surface area contributed by atoms with Crippen LogP contribution in [0.1, 0.15) is 31.2 Å². The van der Waals surface area contributed by atoms with E-state index in [0.717, 1.165) is 30.7 Å². The molecule has 6 nitrogen and oxygen atoms in total. The fourth-order valence-corrected chi connectivity index (χ4v) is 3.35. The number of amides is 2. The van der Waals surface area contributed by atoms with Crippen LogP contribution < -0.4 is 19.7 Å². The molecule has 0 aromatic heterocycles. The second kappa shape index (κ2) is 9.26. The third-order valence-electron chi connectivity index (χ3n) is 4.86. The Labute approximate surface area is 165 Å². The minimum atomic E-state index is -0.0411. The minimum Gasteiger partial charge on any atom is -0.497 e. The third-order valence-corrected chi connectivity index (χ3v) is 4.86. The number of carbonyl (C=O) groups excluding carboxylic acids is 2. The molecule has 1 saturated heterocycles. The SMILES string of the molecule is COc1ccc(CCCC(=O)Nc2ccc(N3CCCC3=O)c(OC)c2)cc1. The summed E-state index contributed by atoms with van der Waals surface area (Å²) in [5.74, 6) is 1.48. The van der Waals surface area contributed by atoms with Crippen molar-refractivity contribution >= 4 is 23.2 Å². The van der Waals surface area contributed by atoms with E-state index in [0.29, 0.717) is 30.8 Å². The Kier molecular flexibility index (Phi) is 6.53. The predicted molar refractivity (Wildman–Crippen MR) is 109 cm³/mol. The van der Waals surface area contributed by atoms with Gasteiger partial charge in [-0.1, -0.05) is 12.1 Å². The Hall–Kier alpha value is -3.02. The third kappa shape index (κ3) is 4.82. The summed E-state index contributed by atoms with van der Waals surface area (Å²) in [4.78, 5) is 26.0. The highest BCUT2D eigenvalue weighted by molar-refractivity contribution is 5.97. The van der Waals surface area contributed by atoms with Crippen molar-refractivity contribution in [2.24, 2.45) is 0 Å². The molecular formula is C22H26N2O4. The number of benzene rings is 2. The van der Waals surface area contributed by atoms with Crippen LogP contribution in [0.4, 0.5) is 11.4 Å². The van der Waals surface area contributed by atoms with Crippen LogP contribution in [0.3, 0.4) is 0 Å². The van der Waals surface area contributed by atoms with E-state index in [2.05, 4.69) is 5.32 Å². The van der Waals surface area contributed by atoms with E-state index >= 15 is 0 Å². The molecule has 1 aliphatic rings. The van der Waals surface area contributed by atoms with E-state index in [-0.39, 0.29) is 11.8 Å². The number of methoxy groups -OCH3 is 2. The van der Waals surface area contributed by atoms with Crippen LogP contribution in [0.25, 0.3) is 0 Å². The van der Waals surface area contributed by atoms with Crippen LogP contribution in [0.5, 0.6) is 11.5 Å². The van der Waals surface area contributed by atoms with E-state index < -0.39 is 0 Å². The van der Waals surface area contributed by atoms with Gasteiger partial charge in [0.25, 0.3) is 0 Å². The molecule has 6 heteroatoms. The molecule has 3 rings (SSSR count). The molecule has 1 N–H and O–H groups in total. The van der Waals surface area contributed by atoms with Gasteiger partial charge in [0.15, 0.2) is 0 Å². The molecule has 0 unspecified atom stereocenters. The van der Waals surface area contributed by atoms with Crippen molar-refractivity contribution in [3.63, 3.8) is 0 Å². The Morgan fingerprint density at radius 3 is 2.54 bits per heavy atom. The van der Waals surface area contributed by atoms with Crippen LogP contribution >= 0.6 is 0 Å². The van der Waals surface area contributed by atoms with Gasteiger partial charge in [-0.05, 0) is 49.1 Å². The van der Waals surface area contributed by atoms with E-state index in [1.807, 2.05) is 36.4 Å². The quantitative estimate of drug-likeness (QED) is 0.754. The molecule has 0 saturated carbocycles. The van der Waals surface area contributed by atoms with Gasteiger partial charge in [-0.3, -0.25) is 9.59 Å². The largest absolute Gasteiger partial charge is 0.497 e. The molecule has 2 amide bonds. The normalized spacial score (nSPS) is 13.5. The Bertz CT molecular complexity index is 833. The standard InChI is InChI=1S/C22H26N2O4/c1-27-18-11-8-16(9-12-18)5-3-6-21(25)23-17-10-13-19(20(15-17)28-2)24-14-4-7-22(24)26/h8-13,15H,3-7,14H2,1-2H3,(H,23,25). The van der Waals surface area contributed by atoms with Crippen molar-refractivity contribution in [2.45, 2.75) is 32.1 Å². The van der Waals surface area contributed by atoms with E-state index in [9.17, 15) is 9.59 Å². The van der Waals surface area contributed by atoms with Crippen molar-refractivity contribution in [3.05, 3.63) is 48.0 Å². The second-order valence-corrected chi connectivity index (χ2v) is 6.79. The molecule has 0 aliphatic carbocycles. The number of carbonyl (C=O) groups is 2. The van der Waals surface area contributed by atoms with Gasteiger partial charge in [0.05, 0.1) is 19.9 Å². The Balaban J connectivity index is 1.53. The van der Waals surface area contributed by atoms with E-state index in [1.165, 1.54) is 5.56 Å². The number of anilines is 2. The Morgan fingerprint density at radius 2 is 1.89 bits per heavy atom. The summed E-state index contributed by atoms with van der Waals surface area (Å²) in [7, 11) is 3.21. The maximum absolute atomic E-state index is 12.3. The number of ether oxygens (including phenoxy) is 2. The van der Waals surface area contributed by atoms with Gasteiger partial charge >= 0.3 is 0 Å². The predicted octanol–water partition coefficient (Wildman–Crippen LogP) is 3.79. The summed E-state index contributed by atoms with van der Waals surface area (Å²) in [6, 6.07) is 13.3. The van der Waals surface area contributed by atoms with E-state index in [4.69, 9.17) is 9.47 Å². The number of aryl methyl sites for hydroxylation is 1. The van der Waals surface area contributed by atoms with Crippen molar-refractivity contribution in [2.75, 3.05) is 31.0 Å². The number of nitrogens with one attached hydrogen (secondary N) is 1. The van der Waals surface area contributed by atoms with E-state index in [1.54, 1.807) is 25.2 Å². The van der Waals surface area contributed by atoms with Crippen molar-refractivity contribution in [1.82, 2.24) is 0 Å². The summed E-state index contributed by atoms with van der Waals surface area (Å²) in [6.45, 7) is 0.701. The van der Waals surface area contributed by atoms with Crippen LogP contribution in [-0.2, 0) is 16.0 Å². The highest BCUT2D eigenvalue weighted by atomic mass is 16.5. The lowest BCUT2D eigenvalue weighted by Gasteiger charge is -2.19. The Morgan fingerprint density at radius 1 is 1.11 bits per heavy atom. The van der Waals surface area contributed by atoms with Crippen molar-refractivity contribution in [3.8, 4) is 11.5 Å². The van der Waals surface area contributed by atoms with Gasteiger partial charge in [0.1, 0.15) is 11.5 Å². The molecule has 0 radical (unpaired) electrons. The van der Waals surface area contributed by atoms with Gasteiger partial charge in [-0.2, -0.15) is 0 Å². The first-order valence-electron chi connectivity index (χ1n) is 9.52. The molecule has 1 aliphatic heterocycles. The van der Waals surface area contributed by atoms with Gasteiger partial charge in [0, 0.05) is 31.1 Å². The number of hydrogen-bond donors (Lipinski definition) is 1. The summed E-state index contributed by atoms with van der Waals surface area (Å²) in [5.41, 5.74) is 2.60. The number of hydrogen-bond acceptors (Lipinski definition) is 4. The molecule has 0 bridgehead atoms. The average Bonchev–Trinajstić information content (AvgIpc) is 3.14. The molecule has 0 atom stereocenters. The van der Waals surface area contributed by atoms with Crippen LogP contribution in [-0.4, -0.2) is 32.6 Å². The zero-order valence-electron chi connectivity index (χ0n) is 16.4. The summed E-state index contributed by atoms with van der Waals surface area (Å²) in [6.07, 6.45) is 3.44.